The molecule has 1 aromatic rings. The van der Waals surface area contributed by atoms with E-state index in [0.29, 0.717) is 18.8 Å². The van der Waals surface area contributed by atoms with Crippen LogP contribution < -0.4 is 0 Å². The minimum Gasteiger partial charge on any atom is -0.507 e. The summed E-state index contributed by atoms with van der Waals surface area (Å²) in [6.07, 6.45) is 1.43. The van der Waals surface area contributed by atoms with Crippen LogP contribution in [0.25, 0.3) is 0 Å². The zero-order chi connectivity index (χ0) is 14.6. The van der Waals surface area contributed by atoms with Gasteiger partial charge in [0.2, 0.25) is 0 Å². The summed E-state index contributed by atoms with van der Waals surface area (Å²) in [7, 11) is 0. The molecule has 0 spiro atoms. The van der Waals surface area contributed by atoms with Crippen molar-refractivity contribution in [2.45, 2.75) is 47.5 Å². The molecule has 1 rings (SSSR count). The average molecular weight is 264 g/mol. The highest BCUT2D eigenvalue weighted by atomic mass is 16.5. The molecule has 0 aliphatic carbocycles. The Bertz CT molecular complexity index is 456. The second-order valence-electron chi connectivity index (χ2n) is 6.08. The fraction of sp³-hybridized carbons (Fsp3) is 0.562. The van der Waals surface area contributed by atoms with Crippen molar-refractivity contribution in [3.63, 3.8) is 0 Å². The molecule has 0 heterocycles. The SMILES string of the molecule is Cc1cc(C)c(O)c(CCCOC(=O)C(C)(C)C)c1. The van der Waals surface area contributed by atoms with Crippen LogP contribution in [-0.2, 0) is 16.0 Å². The molecule has 0 bridgehead atoms. The number of benzene rings is 1. The lowest BCUT2D eigenvalue weighted by atomic mass is 9.97. The van der Waals surface area contributed by atoms with E-state index >= 15 is 0 Å². The Labute approximate surface area is 115 Å². The Morgan fingerprint density at radius 3 is 2.47 bits per heavy atom. The first-order chi connectivity index (χ1) is 8.71. The van der Waals surface area contributed by atoms with Crippen molar-refractivity contribution >= 4 is 5.97 Å². The molecule has 0 fully saturated rings. The van der Waals surface area contributed by atoms with Gasteiger partial charge < -0.3 is 9.84 Å². The molecule has 3 nitrogen and oxygen atoms in total. The quantitative estimate of drug-likeness (QED) is 0.668. The number of hydrogen-bond donors (Lipinski definition) is 1. The predicted molar refractivity (Wildman–Crippen MR) is 76.3 cm³/mol. The first-order valence-corrected chi connectivity index (χ1v) is 6.68. The third-order valence-corrected chi connectivity index (χ3v) is 2.96. The Morgan fingerprint density at radius 2 is 1.89 bits per heavy atom. The van der Waals surface area contributed by atoms with Crippen molar-refractivity contribution in [1.82, 2.24) is 0 Å². The molecule has 0 aliphatic heterocycles. The minimum atomic E-state index is -0.456. The molecule has 1 N–H and O–H groups in total. The van der Waals surface area contributed by atoms with E-state index in [-0.39, 0.29) is 5.97 Å². The third kappa shape index (κ3) is 4.58. The number of phenols is 1. The third-order valence-electron chi connectivity index (χ3n) is 2.96. The molecule has 106 valence electrons. The van der Waals surface area contributed by atoms with Crippen molar-refractivity contribution < 1.29 is 14.6 Å². The van der Waals surface area contributed by atoms with Gasteiger partial charge in [-0.3, -0.25) is 4.79 Å². The van der Waals surface area contributed by atoms with Crippen molar-refractivity contribution in [3.8, 4) is 5.75 Å². The van der Waals surface area contributed by atoms with Crippen molar-refractivity contribution in [3.05, 3.63) is 28.8 Å². The molecular formula is C16H24O3. The minimum absolute atomic E-state index is 0.183. The van der Waals surface area contributed by atoms with E-state index in [2.05, 4.69) is 0 Å². The van der Waals surface area contributed by atoms with E-state index < -0.39 is 5.41 Å². The predicted octanol–water partition coefficient (Wildman–Crippen LogP) is 3.53. The Kier molecular flexibility index (Phi) is 4.98. The van der Waals surface area contributed by atoms with Crippen LogP contribution in [0.3, 0.4) is 0 Å². The van der Waals surface area contributed by atoms with Crippen LogP contribution in [0.2, 0.25) is 0 Å². The van der Waals surface area contributed by atoms with Gasteiger partial charge in [0, 0.05) is 0 Å². The highest BCUT2D eigenvalue weighted by Crippen LogP contribution is 2.25. The van der Waals surface area contributed by atoms with E-state index in [0.717, 1.165) is 23.1 Å². The maximum Gasteiger partial charge on any atom is 0.311 e. The van der Waals surface area contributed by atoms with E-state index in [9.17, 15) is 9.90 Å². The van der Waals surface area contributed by atoms with E-state index in [1.807, 2.05) is 46.8 Å². The number of aromatic hydroxyl groups is 1. The molecule has 0 atom stereocenters. The van der Waals surface area contributed by atoms with Gasteiger partial charge >= 0.3 is 5.97 Å². The average Bonchev–Trinajstić information content (AvgIpc) is 2.28. The normalized spacial score (nSPS) is 11.4. The summed E-state index contributed by atoms with van der Waals surface area (Å²) in [5.74, 6) is 0.171. The van der Waals surface area contributed by atoms with Gasteiger partial charge in [-0.2, -0.15) is 0 Å². The van der Waals surface area contributed by atoms with Gasteiger partial charge in [-0.25, -0.2) is 0 Å². The number of rotatable bonds is 4. The fourth-order valence-corrected chi connectivity index (χ4v) is 1.88. The van der Waals surface area contributed by atoms with Gasteiger partial charge in [0.25, 0.3) is 0 Å². The zero-order valence-corrected chi connectivity index (χ0v) is 12.5. The van der Waals surface area contributed by atoms with Crippen molar-refractivity contribution in [1.29, 1.82) is 0 Å². The monoisotopic (exact) mass is 264 g/mol. The van der Waals surface area contributed by atoms with Crippen LogP contribution in [0.15, 0.2) is 12.1 Å². The summed E-state index contributed by atoms with van der Waals surface area (Å²) >= 11 is 0. The first kappa shape index (κ1) is 15.5. The van der Waals surface area contributed by atoms with E-state index in [1.54, 1.807) is 0 Å². The van der Waals surface area contributed by atoms with Crippen molar-refractivity contribution in [2.75, 3.05) is 6.61 Å². The summed E-state index contributed by atoms with van der Waals surface area (Å²) in [6, 6.07) is 3.94. The number of carbonyl (C=O) groups is 1. The maximum absolute atomic E-state index is 11.6. The maximum atomic E-state index is 11.6. The Hall–Kier alpha value is -1.51. The standard InChI is InChI=1S/C16H24O3/c1-11-9-12(2)14(17)13(10-11)7-6-8-19-15(18)16(3,4)5/h9-10,17H,6-8H2,1-5H3. The van der Waals surface area contributed by atoms with Crippen molar-refractivity contribution in [2.24, 2.45) is 5.41 Å². The number of hydrogen-bond acceptors (Lipinski definition) is 3. The van der Waals surface area contributed by atoms with Crippen LogP contribution in [0.5, 0.6) is 5.75 Å². The number of carbonyl (C=O) groups excluding carboxylic acids is 1. The molecule has 0 saturated heterocycles. The fourth-order valence-electron chi connectivity index (χ4n) is 1.88. The van der Waals surface area contributed by atoms with Crippen LogP contribution >= 0.6 is 0 Å². The number of aryl methyl sites for hydroxylation is 3. The summed E-state index contributed by atoms with van der Waals surface area (Å²) < 4.78 is 5.21. The Balaban J connectivity index is 2.49. The van der Waals surface area contributed by atoms with Gasteiger partial charge in [0.05, 0.1) is 12.0 Å². The van der Waals surface area contributed by atoms with Crippen LogP contribution in [0, 0.1) is 19.3 Å². The second-order valence-corrected chi connectivity index (χ2v) is 6.08. The summed E-state index contributed by atoms with van der Waals surface area (Å²) in [5, 5.41) is 9.95. The molecular weight excluding hydrogens is 240 g/mol. The topological polar surface area (TPSA) is 46.5 Å². The summed E-state index contributed by atoms with van der Waals surface area (Å²) in [4.78, 5) is 11.6. The molecule has 1 aromatic carbocycles. The lowest BCUT2D eigenvalue weighted by Crippen LogP contribution is -2.23. The molecule has 0 amide bonds. The number of ether oxygens (including phenoxy) is 1. The highest BCUT2D eigenvalue weighted by Gasteiger charge is 2.22. The van der Waals surface area contributed by atoms with E-state index in [1.165, 1.54) is 0 Å². The van der Waals surface area contributed by atoms with Gasteiger partial charge in [-0.1, -0.05) is 17.7 Å². The van der Waals surface area contributed by atoms with Gasteiger partial charge in [-0.05, 0) is 58.6 Å². The molecule has 3 heteroatoms. The summed E-state index contributed by atoms with van der Waals surface area (Å²) in [5.41, 5.74) is 2.49. The smallest absolute Gasteiger partial charge is 0.311 e. The molecule has 0 unspecified atom stereocenters. The second kappa shape index (κ2) is 6.09. The van der Waals surface area contributed by atoms with Crippen LogP contribution in [-0.4, -0.2) is 17.7 Å². The molecule has 0 aromatic heterocycles. The number of phenolic OH excluding ortho intramolecular Hbond substituents is 1. The molecule has 0 saturated carbocycles. The van der Waals surface area contributed by atoms with Gasteiger partial charge in [0.15, 0.2) is 0 Å². The first-order valence-electron chi connectivity index (χ1n) is 6.68. The van der Waals surface area contributed by atoms with Gasteiger partial charge in [0.1, 0.15) is 5.75 Å². The largest absolute Gasteiger partial charge is 0.507 e. The zero-order valence-electron chi connectivity index (χ0n) is 12.5. The molecule has 19 heavy (non-hydrogen) atoms. The Morgan fingerprint density at radius 1 is 1.26 bits per heavy atom. The van der Waals surface area contributed by atoms with Crippen LogP contribution in [0.1, 0.15) is 43.9 Å². The summed E-state index contributed by atoms with van der Waals surface area (Å²) in [6.45, 7) is 9.81. The van der Waals surface area contributed by atoms with Crippen LogP contribution in [0.4, 0.5) is 0 Å². The van der Waals surface area contributed by atoms with E-state index in [4.69, 9.17) is 4.74 Å². The van der Waals surface area contributed by atoms with Gasteiger partial charge in [-0.15, -0.1) is 0 Å². The lowest BCUT2D eigenvalue weighted by Gasteiger charge is -2.16. The molecule has 0 radical (unpaired) electrons. The highest BCUT2D eigenvalue weighted by molar-refractivity contribution is 5.75. The molecule has 0 aliphatic rings. The number of esters is 1. The lowest BCUT2D eigenvalue weighted by molar-refractivity contribution is -0.153.